The molecule has 0 heterocycles. The quantitative estimate of drug-likeness (QED) is 0.0168. The zero-order valence-corrected chi connectivity index (χ0v) is 60.6. The van der Waals surface area contributed by atoms with Crippen LogP contribution >= 0.6 is 0 Å². The Labute approximate surface area is 593 Å². The number of halogens is 10. The number of aryl methyl sites for hydroxylation is 2. The third-order valence-electron chi connectivity index (χ3n) is 17.9. The van der Waals surface area contributed by atoms with E-state index in [0.29, 0.717) is 49.7 Å². The van der Waals surface area contributed by atoms with Crippen LogP contribution in [-0.2, 0) is 52.8 Å². The number of alkyl halides is 6. The minimum Gasteiger partial charge on any atom is -0.508 e. The number of nitrogens with zero attached hydrogens (tertiary/aromatic N) is 2. The van der Waals surface area contributed by atoms with E-state index >= 15 is 0 Å². The lowest BCUT2D eigenvalue weighted by atomic mass is 9.89. The Bertz CT molecular complexity index is 3990. The fourth-order valence-corrected chi connectivity index (χ4v) is 17.2. The van der Waals surface area contributed by atoms with Gasteiger partial charge in [0.25, 0.3) is 20.2 Å². The van der Waals surface area contributed by atoms with E-state index in [1.54, 1.807) is 24.3 Å². The molecule has 0 aromatic heterocycles. The normalized spacial score (nSPS) is 14.1. The van der Waals surface area contributed by atoms with Crippen LogP contribution in [0.2, 0.25) is 0 Å². The lowest BCUT2D eigenvalue weighted by molar-refractivity contribution is -0.135. The van der Waals surface area contributed by atoms with E-state index in [2.05, 4.69) is 9.80 Å². The number of phenolic OH excluding ortho intramolecular Hbond substituents is 2. The molecule has 6 aromatic carbocycles. The topological polar surface area (TPSA) is 224 Å². The van der Waals surface area contributed by atoms with E-state index in [4.69, 9.17) is 9.11 Å². The number of aromatic hydroxyl groups is 2. The summed E-state index contributed by atoms with van der Waals surface area (Å²) >= 11 is 0. The first-order chi connectivity index (χ1) is 47.9. The molecule has 0 aliphatic heterocycles. The minimum atomic E-state index is -4.47. The van der Waals surface area contributed by atoms with Crippen LogP contribution in [0.3, 0.4) is 0 Å². The zero-order valence-electron chi connectivity index (χ0n) is 57.4. The van der Waals surface area contributed by atoms with Crippen LogP contribution in [0.1, 0.15) is 175 Å². The molecule has 28 heteroatoms. The predicted molar refractivity (Wildman–Crippen MR) is 380 cm³/mol. The fraction of sp³-hybridized carbons (Fsp3) is 0.486. The van der Waals surface area contributed by atoms with Crippen LogP contribution in [0.25, 0.3) is 33.1 Å². The SMILES string of the molecule is CN(CCCCCCC1=C(c2cc(F)cc(F)c2)CCCc2cc(O)ccc21)CCCCS(=O)(=O)CCCC(F)(F)F.CN(CCCCCCC1=C(c2cc(F)cc(F)c2)CCCc2cc(O)ccc21)CCCCS(=O)(=O)CCCC(F)(F)F.O=S(=O)(O)c1cccc2c(S(=O)(=O)O)cccc12. The van der Waals surface area contributed by atoms with Crippen molar-refractivity contribution in [1.82, 2.24) is 9.80 Å². The summed E-state index contributed by atoms with van der Waals surface area (Å²) in [5, 5.41) is 20.1. The van der Waals surface area contributed by atoms with Crippen molar-refractivity contribution in [1.29, 1.82) is 0 Å². The number of hydrogen-bond acceptors (Lipinski definition) is 12. The maximum absolute atomic E-state index is 14.1. The second-order valence-corrected chi connectivity index (χ2v) is 33.7. The van der Waals surface area contributed by atoms with Gasteiger partial charge in [-0.05, 0) is 272 Å². The molecule has 0 atom stereocenters. The molecule has 0 spiro atoms. The average Bonchev–Trinajstić information content (AvgIpc) is 0.874. The molecule has 102 heavy (non-hydrogen) atoms. The Hall–Kier alpha value is -6.40. The van der Waals surface area contributed by atoms with Gasteiger partial charge in [-0.1, -0.05) is 62.1 Å². The van der Waals surface area contributed by atoms with Crippen LogP contribution < -0.4 is 0 Å². The number of hydrogen-bond donors (Lipinski definition) is 4. The van der Waals surface area contributed by atoms with Crippen molar-refractivity contribution in [2.45, 2.75) is 176 Å². The Balaban J connectivity index is 0.000000259. The Kier molecular flexibility index (Phi) is 32.4. The highest BCUT2D eigenvalue weighted by Gasteiger charge is 2.29. The van der Waals surface area contributed by atoms with Crippen molar-refractivity contribution in [3.8, 4) is 11.5 Å². The standard InChI is InChI=1S/2C32H42F5NO3S.C10H8O6S2/c2*1-38(17-6-7-18-42(40,41)19-9-15-32(35,36)37)16-5-3-2-4-11-31-29(25-20-26(33)23-27(34)21-25)12-8-10-24-22-28(39)13-14-30(24)31;11-17(12,13)9-5-1-3-7-8(9)4-2-6-10(7)18(14,15)16/h2*13-14,20-23,39H,2-12,15-19H2,1H3;1-6H,(H,11,12,13)(H,14,15,16). The van der Waals surface area contributed by atoms with Crippen molar-refractivity contribution < 1.29 is 96.9 Å². The molecule has 0 saturated carbocycles. The third-order valence-corrected chi connectivity index (χ3v) is 23.3. The molecule has 564 valence electrons. The van der Waals surface area contributed by atoms with Crippen LogP contribution in [0.15, 0.2) is 119 Å². The van der Waals surface area contributed by atoms with E-state index in [0.717, 1.165) is 185 Å². The summed E-state index contributed by atoms with van der Waals surface area (Å²) in [5.74, 6) is -2.99. The molecule has 0 unspecified atom stereocenters. The van der Waals surface area contributed by atoms with Crippen molar-refractivity contribution in [2.24, 2.45) is 0 Å². The van der Waals surface area contributed by atoms with Crippen LogP contribution in [0.5, 0.6) is 11.5 Å². The first kappa shape index (κ1) is 84.5. The van der Waals surface area contributed by atoms with Crippen molar-refractivity contribution in [3.63, 3.8) is 0 Å². The van der Waals surface area contributed by atoms with Gasteiger partial charge in [-0.3, -0.25) is 9.11 Å². The number of rotatable bonds is 34. The summed E-state index contributed by atoms with van der Waals surface area (Å²) in [7, 11) is -11.9. The highest BCUT2D eigenvalue weighted by Crippen LogP contribution is 2.42. The van der Waals surface area contributed by atoms with Gasteiger partial charge in [0.05, 0.1) is 23.0 Å². The Morgan fingerprint density at radius 2 is 0.716 bits per heavy atom. The lowest BCUT2D eigenvalue weighted by Gasteiger charge is -2.18. The molecular formula is C74H92F10N2O12S4. The zero-order chi connectivity index (χ0) is 75.1. The summed E-state index contributed by atoms with van der Waals surface area (Å²) in [6.07, 6.45) is 4.49. The van der Waals surface area contributed by atoms with Crippen molar-refractivity contribution in [3.05, 3.63) is 166 Å². The van der Waals surface area contributed by atoms with Gasteiger partial charge >= 0.3 is 12.4 Å². The number of benzene rings is 6. The summed E-state index contributed by atoms with van der Waals surface area (Å²) < 4.78 is 240. The van der Waals surface area contributed by atoms with Crippen molar-refractivity contribution in [2.75, 3.05) is 63.3 Å². The minimum absolute atomic E-state index is 0.0233. The second-order valence-electron chi connectivity index (χ2n) is 26.3. The maximum atomic E-state index is 14.1. The molecular weight excluding hydrogens is 1430 g/mol. The molecule has 6 aromatic rings. The first-order valence-corrected chi connectivity index (χ1v) is 40.8. The average molecular weight is 1520 g/mol. The molecule has 0 bridgehead atoms. The Morgan fingerprint density at radius 3 is 1.05 bits per heavy atom. The summed E-state index contributed by atoms with van der Waals surface area (Å²) in [5.41, 5.74) is 9.38. The van der Waals surface area contributed by atoms with E-state index in [9.17, 15) is 87.8 Å². The van der Waals surface area contributed by atoms with Gasteiger partial charge in [0, 0.05) is 35.7 Å². The summed E-state index contributed by atoms with van der Waals surface area (Å²) in [6, 6.07) is 25.6. The highest BCUT2D eigenvalue weighted by atomic mass is 32.2. The molecule has 2 aliphatic rings. The van der Waals surface area contributed by atoms with Gasteiger partial charge in [0.1, 0.15) is 64.2 Å². The van der Waals surface area contributed by atoms with Gasteiger partial charge in [-0.15, -0.1) is 0 Å². The molecule has 0 saturated heterocycles. The Morgan fingerprint density at radius 1 is 0.392 bits per heavy atom. The highest BCUT2D eigenvalue weighted by molar-refractivity contribution is 7.91. The second kappa shape index (κ2) is 39.1. The molecule has 0 amide bonds. The van der Waals surface area contributed by atoms with Gasteiger partial charge < -0.3 is 20.0 Å². The molecule has 2 aliphatic carbocycles. The fourth-order valence-electron chi connectivity index (χ4n) is 13.0. The van der Waals surface area contributed by atoms with Crippen LogP contribution in [-0.4, -0.2) is 138 Å². The molecule has 0 fully saturated rings. The van der Waals surface area contributed by atoms with Crippen molar-refractivity contribution >= 4 is 73.0 Å². The summed E-state index contributed by atoms with van der Waals surface area (Å²) in [6.45, 7) is 3.16. The largest absolute Gasteiger partial charge is 0.508 e. The van der Waals surface area contributed by atoms with E-state index in [-0.39, 0.29) is 46.6 Å². The van der Waals surface area contributed by atoms with Gasteiger partial charge in [0.15, 0.2) is 0 Å². The molecule has 0 radical (unpaired) electrons. The van der Waals surface area contributed by atoms with Gasteiger partial charge in [0.2, 0.25) is 0 Å². The number of allylic oxidation sites excluding steroid dienone is 4. The number of sulfone groups is 2. The first-order valence-electron chi connectivity index (χ1n) is 34.3. The number of unbranched alkanes of at least 4 members (excludes halogenated alkanes) is 8. The third kappa shape index (κ3) is 29.3. The lowest BCUT2D eigenvalue weighted by Crippen LogP contribution is -2.22. The molecule has 14 nitrogen and oxygen atoms in total. The molecule has 4 N–H and O–H groups in total. The van der Waals surface area contributed by atoms with Gasteiger partial charge in [-0.25, -0.2) is 34.4 Å². The van der Waals surface area contributed by atoms with Crippen LogP contribution in [0, 0.1) is 23.3 Å². The number of phenols is 2. The monoisotopic (exact) mass is 1520 g/mol. The maximum Gasteiger partial charge on any atom is 0.389 e. The van der Waals surface area contributed by atoms with Crippen LogP contribution in [0.4, 0.5) is 43.9 Å². The number of fused-ring (bicyclic) bond motifs is 3. The van der Waals surface area contributed by atoms with E-state index in [1.165, 1.54) is 48.5 Å². The summed E-state index contributed by atoms with van der Waals surface area (Å²) in [4.78, 5) is 3.46. The van der Waals surface area contributed by atoms with E-state index < -0.39 is 110 Å². The predicted octanol–water partition coefficient (Wildman–Crippen LogP) is 18.0. The molecule has 8 rings (SSSR count). The van der Waals surface area contributed by atoms with Gasteiger partial charge in [-0.2, -0.15) is 43.2 Å². The smallest absolute Gasteiger partial charge is 0.389 e. The van der Waals surface area contributed by atoms with E-state index in [1.807, 2.05) is 26.2 Å².